The Labute approximate surface area is 148 Å². The Morgan fingerprint density at radius 2 is 1.84 bits per heavy atom. The summed E-state index contributed by atoms with van der Waals surface area (Å²) >= 11 is 0. The van der Waals surface area contributed by atoms with E-state index >= 15 is 0 Å². The first-order valence-electron chi connectivity index (χ1n) is 8.71. The van der Waals surface area contributed by atoms with Crippen LogP contribution in [0.5, 0.6) is 11.5 Å². The number of benzene rings is 2. The third-order valence-electron chi connectivity index (χ3n) is 4.68. The maximum absolute atomic E-state index is 6.01. The van der Waals surface area contributed by atoms with Crippen molar-refractivity contribution in [3.05, 3.63) is 71.4 Å². The summed E-state index contributed by atoms with van der Waals surface area (Å²) in [7, 11) is 4.00. The number of hydrogen-bond acceptors (Lipinski definition) is 4. The van der Waals surface area contributed by atoms with Crippen molar-refractivity contribution in [1.29, 1.82) is 0 Å². The predicted octanol–water partition coefficient (Wildman–Crippen LogP) is 5.00. The molecule has 0 saturated carbocycles. The standard InChI is InChI=1S/C21H22N2O2/c1-23(2)21-20-18(12-7-13-19(20)22-25-21)15-8-6-11-17(14-15)24-16-9-4-3-5-10-16/h3-6,8-11,14,18H,7,12-13H2,1-2H3. The minimum Gasteiger partial charge on any atom is -0.457 e. The SMILES string of the molecule is CN(C)c1onc2c1C(c1cccc(Oc3ccccc3)c1)CCC2. The van der Waals surface area contributed by atoms with Crippen LogP contribution < -0.4 is 9.64 Å². The van der Waals surface area contributed by atoms with Gasteiger partial charge in [0.2, 0.25) is 5.88 Å². The Morgan fingerprint density at radius 3 is 2.64 bits per heavy atom. The average molecular weight is 334 g/mol. The van der Waals surface area contributed by atoms with Gasteiger partial charge < -0.3 is 14.2 Å². The van der Waals surface area contributed by atoms with Crippen LogP contribution >= 0.6 is 0 Å². The zero-order chi connectivity index (χ0) is 17.2. The van der Waals surface area contributed by atoms with Crippen molar-refractivity contribution in [3.8, 4) is 11.5 Å². The number of aryl methyl sites for hydroxylation is 1. The zero-order valence-corrected chi connectivity index (χ0v) is 14.6. The highest BCUT2D eigenvalue weighted by Gasteiger charge is 2.30. The first-order valence-corrected chi connectivity index (χ1v) is 8.71. The van der Waals surface area contributed by atoms with E-state index in [-0.39, 0.29) is 0 Å². The van der Waals surface area contributed by atoms with Crippen LogP contribution in [0.4, 0.5) is 5.88 Å². The fourth-order valence-corrected chi connectivity index (χ4v) is 3.54. The van der Waals surface area contributed by atoms with Crippen LogP contribution in [-0.4, -0.2) is 19.3 Å². The third-order valence-corrected chi connectivity index (χ3v) is 4.68. The second-order valence-electron chi connectivity index (χ2n) is 6.67. The molecule has 1 aliphatic carbocycles. The summed E-state index contributed by atoms with van der Waals surface area (Å²) in [5.74, 6) is 2.88. The fraction of sp³-hybridized carbons (Fsp3) is 0.286. The molecular weight excluding hydrogens is 312 g/mol. The number of ether oxygens (including phenoxy) is 1. The summed E-state index contributed by atoms with van der Waals surface area (Å²) in [6.07, 6.45) is 3.22. The summed E-state index contributed by atoms with van der Waals surface area (Å²) in [5.41, 5.74) is 3.57. The van der Waals surface area contributed by atoms with Crippen molar-refractivity contribution in [3.63, 3.8) is 0 Å². The lowest BCUT2D eigenvalue weighted by atomic mass is 9.81. The highest BCUT2D eigenvalue weighted by Crippen LogP contribution is 2.42. The number of anilines is 1. The van der Waals surface area contributed by atoms with Crippen LogP contribution in [0.15, 0.2) is 59.1 Å². The van der Waals surface area contributed by atoms with Gasteiger partial charge in [0.05, 0.1) is 5.69 Å². The van der Waals surface area contributed by atoms with Gasteiger partial charge >= 0.3 is 0 Å². The van der Waals surface area contributed by atoms with Crippen molar-refractivity contribution >= 4 is 5.88 Å². The summed E-state index contributed by atoms with van der Waals surface area (Å²) < 4.78 is 11.6. The molecule has 1 heterocycles. The van der Waals surface area contributed by atoms with E-state index in [1.165, 1.54) is 11.1 Å². The maximum Gasteiger partial charge on any atom is 0.230 e. The molecule has 0 spiro atoms. The minimum atomic E-state index is 0.298. The van der Waals surface area contributed by atoms with Gasteiger partial charge in [-0.25, -0.2) is 0 Å². The second kappa shape index (κ2) is 6.63. The van der Waals surface area contributed by atoms with Crippen molar-refractivity contribution in [2.75, 3.05) is 19.0 Å². The molecule has 0 saturated heterocycles. The number of aromatic nitrogens is 1. The molecule has 0 amide bonds. The number of nitrogens with zero attached hydrogens (tertiary/aromatic N) is 2. The number of para-hydroxylation sites is 1. The highest BCUT2D eigenvalue weighted by atomic mass is 16.5. The van der Waals surface area contributed by atoms with E-state index in [1.54, 1.807) is 0 Å². The van der Waals surface area contributed by atoms with Gasteiger partial charge in [-0.1, -0.05) is 35.5 Å². The quantitative estimate of drug-likeness (QED) is 0.673. The van der Waals surface area contributed by atoms with Gasteiger partial charge in [-0.15, -0.1) is 0 Å². The number of rotatable bonds is 4. The summed E-state index contributed by atoms with van der Waals surface area (Å²) in [5, 5.41) is 4.30. The van der Waals surface area contributed by atoms with E-state index in [4.69, 9.17) is 9.26 Å². The molecule has 1 atom stereocenters. The van der Waals surface area contributed by atoms with Crippen molar-refractivity contribution < 1.29 is 9.26 Å². The number of fused-ring (bicyclic) bond motifs is 1. The molecule has 0 bridgehead atoms. The van der Waals surface area contributed by atoms with Crippen LogP contribution in [0, 0.1) is 0 Å². The summed E-state index contributed by atoms with van der Waals surface area (Å²) in [6.45, 7) is 0. The molecule has 3 aromatic rings. The molecule has 0 fully saturated rings. The Balaban J connectivity index is 1.68. The van der Waals surface area contributed by atoms with Gasteiger partial charge in [-0.3, -0.25) is 0 Å². The van der Waals surface area contributed by atoms with Gasteiger partial charge in [-0.05, 0) is 49.1 Å². The molecule has 1 aromatic heterocycles. The predicted molar refractivity (Wildman–Crippen MR) is 98.6 cm³/mol. The molecule has 1 unspecified atom stereocenters. The molecule has 0 radical (unpaired) electrons. The number of hydrogen-bond donors (Lipinski definition) is 0. The zero-order valence-electron chi connectivity index (χ0n) is 14.6. The maximum atomic E-state index is 6.01. The van der Waals surface area contributed by atoms with Crippen LogP contribution in [0.2, 0.25) is 0 Å². The van der Waals surface area contributed by atoms with Crippen molar-refractivity contribution in [2.45, 2.75) is 25.2 Å². The lowest BCUT2D eigenvalue weighted by Crippen LogP contribution is -2.16. The topological polar surface area (TPSA) is 38.5 Å². The first-order chi connectivity index (χ1) is 12.2. The third kappa shape index (κ3) is 3.12. The molecular formula is C21H22N2O2. The summed E-state index contributed by atoms with van der Waals surface area (Å²) in [6, 6.07) is 18.3. The molecule has 128 valence electrons. The van der Waals surface area contributed by atoms with Crippen LogP contribution in [0.1, 0.15) is 35.6 Å². The van der Waals surface area contributed by atoms with Gasteiger partial charge in [-0.2, -0.15) is 0 Å². The Morgan fingerprint density at radius 1 is 1.04 bits per heavy atom. The van der Waals surface area contributed by atoms with Crippen LogP contribution in [-0.2, 0) is 6.42 Å². The van der Waals surface area contributed by atoms with E-state index in [9.17, 15) is 0 Å². The Kier molecular flexibility index (Phi) is 4.18. The molecule has 0 aliphatic heterocycles. The molecule has 4 rings (SSSR count). The van der Waals surface area contributed by atoms with Gasteiger partial charge in [0.15, 0.2) is 0 Å². The van der Waals surface area contributed by atoms with E-state index in [0.29, 0.717) is 5.92 Å². The molecule has 2 aromatic carbocycles. The van der Waals surface area contributed by atoms with Gasteiger partial charge in [0, 0.05) is 25.6 Å². The Hall–Kier alpha value is -2.75. The van der Waals surface area contributed by atoms with Gasteiger partial charge in [0.25, 0.3) is 0 Å². The monoisotopic (exact) mass is 334 g/mol. The van der Waals surface area contributed by atoms with Crippen molar-refractivity contribution in [2.24, 2.45) is 0 Å². The minimum absolute atomic E-state index is 0.298. The van der Waals surface area contributed by atoms with Crippen molar-refractivity contribution in [1.82, 2.24) is 5.16 Å². The fourth-order valence-electron chi connectivity index (χ4n) is 3.54. The first kappa shape index (κ1) is 15.8. The molecule has 0 N–H and O–H groups in total. The van der Waals surface area contributed by atoms with E-state index in [0.717, 1.165) is 42.3 Å². The van der Waals surface area contributed by atoms with E-state index in [2.05, 4.69) is 23.4 Å². The van der Waals surface area contributed by atoms with E-state index in [1.807, 2.05) is 55.4 Å². The lowest BCUT2D eigenvalue weighted by molar-refractivity contribution is 0.415. The van der Waals surface area contributed by atoms with Crippen LogP contribution in [0.25, 0.3) is 0 Å². The average Bonchev–Trinajstić information content (AvgIpc) is 3.07. The lowest BCUT2D eigenvalue weighted by Gasteiger charge is -2.24. The van der Waals surface area contributed by atoms with E-state index < -0.39 is 0 Å². The molecule has 4 heteroatoms. The largest absolute Gasteiger partial charge is 0.457 e. The van der Waals surface area contributed by atoms with Crippen LogP contribution in [0.3, 0.4) is 0 Å². The summed E-state index contributed by atoms with van der Waals surface area (Å²) in [4.78, 5) is 2.01. The molecule has 4 nitrogen and oxygen atoms in total. The Bertz CT molecular complexity index is 855. The molecule has 25 heavy (non-hydrogen) atoms. The normalized spacial score (nSPS) is 16.3. The highest BCUT2D eigenvalue weighted by molar-refractivity contribution is 5.53. The molecule has 1 aliphatic rings. The second-order valence-corrected chi connectivity index (χ2v) is 6.67. The van der Waals surface area contributed by atoms with Gasteiger partial charge in [0.1, 0.15) is 11.5 Å². The smallest absolute Gasteiger partial charge is 0.230 e.